The van der Waals surface area contributed by atoms with Gasteiger partial charge < -0.3 is 0 Å². The van der Waals surface area contributed by atoms with Gasteiger partial charge in [-0.2, -0.15) is 0 Å². The molecule has 2 aromatic carbocycles. The SMILES string of the molecule is Cc1c(-c2ccc(C3CCCCC3)c(F)c2F)ccc(C2CCCCC2)c1C. The predicted octanol–water partition coefficient (Wildman–Crippen LogP) is 8.34. The van der Waals surface area contributed by atoms with E-state index in [9.17, 15) is 4.39 Å². The van der Waals surface area contributed by atoms with Crippen LogP contribution < -0.4 is 0 Å². The molecule has 2 saturated carbocycles. The highest BCUT2D eigenvalue weighted by molar-refractivity contribution is 5.70. The summed E-state index contributed by atoms with van der Waals surface area (Å²) < 4.78 is 30.1. The van der Waals surface area contributed by atoms with Crippen molar-refractivity contribution in [3.63, 3.8) is 0 Å². The molecule has 0 aromatic heterocycles. The van der Waals surface area contributed by atoms with Crippen LogP contribution in [-0.4, -0.2) is 0 Å². The molecule has 2 aliphatic rings. The minimum atomic E-state index is -0.670. The first-order valence-corrected chi connectivity index (χ1v) is 11.2. The maximum atomic E-state index is 15.1. The van der Waals surface area contributed by atoms with Crippen molar-refractivity contribution >= 4 is 0 Å². The first-order chi connectivity index (χ1) is 13.6. The lowest BCUT2D eigenvalue weighted by atomic mass is 9.80. The van der Waals surface area contributed by atoms with Crippen LogP contribution in [0.15, 0.2) is 24.3 Å². The number of hydrogen-bond donors (Lipinski definition) is 0. The Labute approximate surface area is 168 Å². The molecule has 4 rings (SSSR count). The van der Waals surface area contributed by atoms with Crippen molar-refractivity contribution in [3.8, 4) is 11.1 Å². The van der Waals surface area contributed by atoms with Gasteiger partial charge in [-0.15, -0.1) is 0 Å². The van der Waals surface area contributed by atoms with Crippen LogP contribution in [0, 0.1) is 25.5 Å². The Balaban J connectivity index is 1.69. The molecule has 0 spiro atoms. The predicted molar refractivity (Wildman–Crippen MR) is 113 cm³/mol. The van der Waals surface area contributed by atoms with E-state index in [1.165, 1.54) is 49.7 Å². The van der Waals surface area contributed by atoms with Crippen molar-refractivity contribution in [2.45, 2.75) is 89.9 Å². The normalized spacial score (nSPS) is 19.1. The largest absolute Gasteiger partial charge is 0.203 e. The minimum absolute atomic E-state index is 0.175. The lowest BCUT2D eigenvalue weighted by Crippen LogP contribution is -2.09. The molecule has 2 aliphatic carbocycles. The van der Waals surface area contributed by atoms with Gasteiger partial charge in [-0.3, -0.25) is 0 Å². The Hall–Kier alpha value is -1.70. The molecule has 0 saturated heterocycles. The fraction of sp³-hybridized carbons (Fsp3) is 0.538. The third kappa shape index (κ3) is 3.63. The molecule has 0 unspecified atom stereocenters. The maximum absolute atomic E-state index is 15.1. The standard InChI is InChI=1S/C26H32F2/c1-17-18(2)22(14-13-21(17)19-9-5-3-6-10-19)24-16-15-23(25(27)26(24)28)20-11-7-4-8-12-20/h13-16,19-20H,3-12H2,1-2H3. The summed E-state index contributed by atoms with van der Waals surface area (Å²) in [6.45, 7) is 4.21. The Morgan fingerprint density at radius 3 is 1.68 bits per heavy atom. The first-order valence-electron chi connectivity index (χ1n) is 11.2. The molecule has 0 heterocycles. The van der Waals surface area contributed by atoms with E-state index in [1.807, 2.05) is 18.2 Å². The summed E-state index contributed by atoms with van der Waals surface area (Å²) in [5.74, 6) is -0.501. The molecule has 2 aromatic rings. The lowest BCUT2D eigenvalue weighted by molar-refractivity contribution is 0.418. The second-order valence-corrected chi connectivity index (χ2v) is 8.95. The summed E-state index contributed by atoms with van der Waals surface area (Å²) in [6.07, 6.45) is 11.8. The Kier molecular flexibility index (Phi) is 5.85. The molecule has 2 heteroatoms. The zero-order valence-electron chi connectivity index (χ0n) is 17.3. The average molecular weight is 383 g/mol. The van der Waals surface area contributed by atoms with Gasteiger partial charge in [0.15, 0.2) is 11.6 Å². The summed E-state index contributed by atoms with van der Waals surface area (Å²) in [4.78, 5) is 0. The zero-order chi connectivity index (χ0) is 19.7. The lowest BCUT2D eigenvalue weighted by Gasteiger charge is -2.26. The number of halogens is 2. The van der Waals surface area contributed by atoms with Crippen molar-refractivity contribution < 1.29 is 8.78 Å². The topological polar surface area (TPSA) is 0 Å². The van der Waals surface area contributed by atoms with E-state index < -0.39 is 11.6 Å². The molecule has 0 bridgehead atoms. The van der Waals surface area contributed by atoms with Crippen LogP contribution in [-0.2, 0) is 0 Å². The summed E-state index contributed by atoms with van der Waals surface area (Å²) in [5, 5.41) is 0. The van der Waals surface area contributed by atoms with Gasteiger partial charge in [0.1, 0.15) is 0 Å². The van der Waals surface area contributed by atoms with Crippen LogP contribution in [0.3, 0.4) is 0 Å². The summed E-state index contributed by atoms with van der Waals surface area (Å²) in [7, 11) is 0. The zero-order valence-corrected chi connectivity index (χ0v) is 17.3. The third-order valence-electron chi connectivity index (χ3n) is 7.32. The molecule has 0 nitrogen and oxygen atoms in total. The van der Waals surface area contributed by atoms with Crippen molar-refractivity contribution in [3.05, 3.63) is 58.2 Å². The molecular weight excluding hydrogens is 350 g/mol. The fourth-order valence-electron chi connectivity index (χ4n) is 5.49. The summed E-state index contributed by atoms with van der Waals surface area (Å²) >= 11 is 0. The van der Waals surface area contributed by atoms with Gasteiger partial charge in [-0.25, -0.2) is 8.78 Å². The highest BCUT2D eigenvalue weighted by Gasteiger charge is 2.24. The minimum Gasteiger partial charge on any atom is -0.203 e. The van der Waals surface area contributed by atoms with Crippen LogP contribution in [0.25, 0.3) is 11.1 Å². The monoisotopic (exact) mass is 382 g/mol. The molecule has 0 amide bonds. The van der Waals surface area contributed by atoms with Gasteiger partial charge in [-0.1, -0.05) is 62.8 Å². The number of hydrogen-bond acceptors (Lipinski definition) is 0. The van der Waals surface area contributed by atoms with Gasteiger partial charge in [-0.05, 0) is 79.2 Å². The van der Waals surface area contributed by atoms with E-state index in [0.717, 1.165) is 36.8 Å². The molecular formula is C26H32F2. The fourth-order valence-corrected chi connectivity index (χ4v) is 5.49. The molecule has 2 fully saturated rings. The van der Waals surface area contributed by atoms with Crippen LogP contribution in [0.1, 0.15) is 98.3 Å². The van der Waals surface area contributed by atoms with Crippen LogP contribution in [0.4, 0.5) is 8.78 Å². The second-order valence-electron chi connectivity index (χ2n) is 8.95. The van der Waals surface area contributed by atoms with E-state index in [2.05, 4.69) is 19.9 Å². The Bertz CT molecular complexity index is 768. The highest BCUT2D eigenvalue weighted by atomic mass is 19.2. The van der Waals surface area contributed by atoms with E-state index in [4.69, 9.17) is 0 Å². The number of rotatable bonds is 3. The maximum Gasteiger partial charge on any atom is 0.166 e. The van der Waals surface area contributed by atoms with Gasteiger partial charge in [0.25, 0.3) is 0 Å². The molecule has 0 atom stereocenters. The highest BCUT2D eigenvalue weighted by Crippen LogP contribution is 2.40. The Morgan fingerprint density at radius 2 is 1.07 bits per heavy atom. The summed E-state index contributed by atoms with van der Waals surface area (Å²) in [6, 6.07) is 7.84. The number of benzene rings is 2. The van der Waals surface area contributed by atoms with Crippen LogP contribution >= 0.6 is 0 Å². The van der Waals surface area contributed by atoms with Crippen molar-refractivity contribution in [1.82, 2.24) is 0 Å². The molecule has 0 aliphatic heterocycles. The van der Waals surface area contributed by atoms with E-state index in [-0.39, 0.29) is 5.92 Å². The third-order valence-corrected chi connectivity index (χ3v) is 7.32. The first kappa shape index (κ1) is 19.6. The van der Waals surface area contributed by atoms with Crippen LogP contribution in [0.5, 0.6) is 0 Å². The molecule has 0 N–H and O–H groups in total. The van der Waals surface area contributed by atoms with Gasteiger partial charge in [0.05, 0.1) is 0 Å². The van der Waals surface area contributed by atoms with E-state index in [1.54, 1.807) is 0 Å². The molecule has 150 valence electrons. The smallest absolute Gasteiger partial charge is 0.166 e. The van der Waals surface area contributed by atoms with Gasteiger partial charge in [0, 0.05) is 5.56 Å². The Morgan fingerprint density at radius 1 is 0.571 bits per heavy atom. The molecule has 28 heavy (non-hydrogen) atoms. The van der Waals surface area contributed by atoms with Crippen LogP contribution in [0.2, 0.25) is 0 Å². The van der Waals surface area contributed by atoms with Gasteiger partial charge in [0.2, 0.25) is 0 Å². The van der Waals surface area contributed by atoms with E-state index >= 15 is 4.39 Å². The van der Waals surface area contributed by atoms with Crippen molar-refractivity contribution in [2.24, 2.45) is 0 Å². The molecule has 0 radical (unpaired) electrons. The second kappa shape index (κ2) is 8.35. The van der Waals surface area contributed by atoms with Crippen molar-refractivity contribution in [1.29, 1.82) is 0 Å². The summed E-state index contributed by atoms with van der Waals surface area (Å²) in [5.41, 5.74) is 5.57. The average Bonchev–Trinajstić information content (AvgIpc) is 2.74. The quantitative estimate of drug-likeness (QED) is 0.500. The van der Waals surface area contributed by atoms with Gasteiger partial charge >= 0.3 is 0 Å². The van der Waals surface area contributed by atoms with E-state index in [0.29, 0.717) is 17.0 Å². The van der Waals surface area contributed by atoms with Crippen molar-refractivity contribution in [2.75, 3.05) is 0 Å².